The molecule has 0 aliphatic heterocycles. The van der Waals surface area contributed by atoms with Gasteiger partial charge in [-0.3, -0.25) is 0 Å². The summed E-state index contributed by atoms with van der Waals surface area (Å²) in [6.07, 6.45) is 2.06. The maximum Gasteiger partial charge on any atom is 0.488 e. The van der Waals surface area contributed by atoms with Crippen molar-refractivity contribution in [2.75, 3.05) is 0 Å². The summed E-state index contributed by atoms with van der Waals surface area (Å²) >= 11 is 0. The third-order valence-corrected chi connectivity index (χ3v) is 3.67. The second-order valence-electron chi connectivity index (χ2n) is 5.31. The van der Waals surface area contributed by atoms with Crippen LogP contribution in [0, 0.1) is 6.92 Å². The number of hydrogen-bond acceptors (Lipinski definition) is 2. The largest absolute Gasteiger partial charge is 1.00 e. The molecule has 1 heterocycles. The number of nitrogens with zero attached hydrogens (tertiary/aromatic N) is 1. The minimum atomic E-state index is -1.41. The van der Waals surface area contributed by atoms with E-state index in [9.17, 15) is 0 Å². The van der Waals surface area contributed by atoms with Crippen LogP contribution < -0.4 is 27.0 Å². The minimum absolute atomic E-state index is 0. The monoisotopic (exact) mass is 357 g/mol. The molecule has 22 heavy (non-hydrogen) atoms. The average molecular weight is 358 g/mol. The molecule has 0 unspecified atom stereocenters. The van der Waals surface area contributed by atoms with Crippen LogP contribution in [-0.2, 0) is 6.54 Å². The van der Waals surface area contributed by atoms with Gasteiger partial charge in [-0.25, -0.2) is 0 Å². The Labute approximate surface area is 140 Å². The number of aryl methyl sites for hydroxylation is 1. The van der Waals surface area contributed by atoms with Gasteiger partial charge < -0.3 is 27.0 Å². The van der Waals surface area contributed by atoms with Crippen LogP contribution >= 0.6 is 0 Å². The number of halogens is 1. The van der Waals surface area contributed by atoms with E-state index in [1.807, 2.05) is 18.2 Å². The van der Waals surface area contributed by atoms with Crippen molar-refractivity contribution >= 4 is 23.5 Å². The summed E-state index contributed by atoms with van der Waals surface area (Å²) in [4.78, 5) is 0. The maximum atomic E-state index is 9.12. The summed E-state index contributed by atoms with van der Waals surface area (Å²) in [6.45, 7) is 2.85. The molecular weight excluding hydrogens is 341 g/mol. The van der Waals surface area contributed by atoms with Crippen molar-refractivity contribution in [2.24, 2.45) is 0 Å². The summed E-state index contributed by atoms with van der Waals surface area (Å²) in [5.74, 6) is 0. The first-order valence-corrected chi connectivity index (χ1v) is 6.97. The highest BCUT2D eigenvalue weighted by Crippen LogP contribution is 2.12. The third-order valence-electron chi connectivity index (χ3n) is 3.67. The van der Waals surface area contributed by atoms with E-state index in [1.54, 1.807) is 12.1 Å². The molecule has 112 valence electrons. The molecule has 0 aliphatic rings. The van der Waals surface area contributed by atoms with E-state index in [2.05, 4.69) is 42.0 Å². The van der Waals surface area contributed by atoms with E-state index < -0.39 is 7.12 Å². The fourth-order valence-corrected chi connectivity index (χ4v) is 2.53. The average Bonchev–Trinajstić information content (AvgIpc) is 2.47. The predicted molar refractivity (Wildman–Crippen MR) is 84.2 cm³/mol. The van der Waals surface area contributed by atoms with Crippen LogP contribution in [0.2, 0.25) is 0 Å². The van der Waals surface area contributed by atoms with Crippen molar-refractivity contribution < 1.29 is 31.6 Å². The lowest BCUT2D eigenvalue weighted by molar-refractivity contribution is -0.662. The van der Waals surface area contributed by atoms with Gasteiger partial charge in [0.25, 0.3) is 0 Å². The molecule has 3 nitrogen and oxygen atoms in total. The number of aromatic nitrogens is 1. The second kappa shape index (κ2) is 7.05. The molecule has 3 aromatic rings. The zero-order valence-corrected chi connectivity index (χ0v) is 13.9. The SMILES string of the molecule is Cc1ccc2c(ccc[n+]2Cc2ccc(B(O)O)cc2)c1.[Br-]. The molecule has 0 amide bonds. The first kappa shape index (κ1) is 16.7. The van der Waals surface area contributed by atoms with Crippen molar-refractivity contribution in [1.82, 2.24) is 0 Å². The lowest BCUT2D eigenvalue weighted by Crippen LogP contribution is -3.00. The first-order chi connectivity index (χ1) is 10.1. The topological polar surface area (TPSA) is 44.3 Å². The zero-order valence-electron chi connectivity index (χ0n) is 12.3. The van der Waals surface area contributed by atoms with Crippen molar-refractivity contribution in [2.45, 2.75) is 13.5 Å². The molecule has 0 saturated heterocycles. The Morgan fingerprint density at radius 2 is 1.73 bits per heavy atom. The van der Waals surface area contributed by atoms with Gasteiger partial charge in [0, 0.05) is 23.1 Å². The van der Waals surface area contributed by atoms with Crippen LogP contribution in [0.4, 0.5) is 0 Å². The van der Waals surface area contributed by atoms with E-state index in [-0.39, 0.29) is 17.0 Å². The lowest BCUT2D eigenvalue weighted by Gasteiger charge is -2.04. The normalized spacial score (nSPS) is 10.3. The molecule has 2 N–H and O–H groups in total. The van der Waals surface area contributed by atoms with Crippen LogP contribution in [0.25, 0.3) is 10.9 Å². The molecule has 0 atom stereocenters. The van der Waals surface area contributed by atoms with Gasteiger partial charge >= 0.3 is 7.12 Å². The molecule has 0 fully saturated rings. The third kappa shape index (κ3) is 3.55. The molecule has 0 aliphatic carbocycles. The van der Waals surface area contributed by atoms with E-state index >= 15 is 0 Å². The standard InChI is InChI=1S/C17H17BNO2.BrH/c1-13-4-9-17-15(11-13)3-2-10-19(17)12-14-5-7-16(8-6-14)18(20)21;/h2-11,20-21H,12H2,1H3;1H/q+1;/p-1. The van der Waals surface area contributed by atoms with E-state index in [4.69, 9.17) is 10.0 Å². The number of fused-ring (bicyclic) bond motifs is 1. The van der Waals surface area contributed by atoms with Gasteiger partial charge in [0.2, 0.25) is 5.52 Å². The predicted octanol–water partition coefficient (Wildman–Crippen LogP) is -1.83. The summed E-state index contributed by atoms with van der Waals surface area (Å²) in [5, 5.41) is 19.5. The van der Waals surface area contributed by atoms with Gasteiger partial charge in [0.05, 0.1) is 0 Å². The summed E-state index contributed by atoms with van der Waals surface area (Å²) in [7, 11) is -1.41. The summed E-state index contributed by atoms with van der Waals surface area (Å²) in [6, 6.07) is 17.9. The lowest BCUT2D eigenvalue weighted by atomic mass is 9.80. The number of pyridine rings is 1. The van der Waals surface area contributed by atoms with E-state index in [0.29, 0.717) is 5.46 Å². The highest BCUT2D eigenvalue weighted by atomic mass is 79.9. The highest BCUT2D eigenvalue weighted by Gasteiger charge is 2.12. The maximum absolute atomic E-state index is 9.12. The van der Waals surface area contributed by atoms with Gasteiger partial charge in [-0.2, -0.15) is 4.57 Å². The van der Waals surface area contributed by atoms with Crippen molar-refractivity contribution in [3.05, 3.63) is 71.9 Å². The fraction of sp³-hybridized carbons (Fsp3) is 0.118. The van der Waals surface area contributed by atoms with Gasteiger partial charge in [-0.05, 0) is 24.5 Å². The zero-order chi connectivity index (χ0) is 14.8. The Hall–Kier alpha value is -1.69. The van der Waals surface area contributed by atoms with Crippen molar-refractivity contribution in [3.8, 4) is 0 Å². The number of benzene rings is 2. The second-order valence-corrected chi connectivity index (χ2v) is 5.31. The Morgan fingerprint density at radius 3 is 2.41 bits per heavy atom. The van der Waals surface area contributed by atoms with Crippen LogP contribution in [0.5, 0.6) is 0 Å². The van der Waals surface area contributed by atoms with Gasteiger partial charge in [0.15, 0.2) is 12.7 Å². The van der Waals surface area contributed by atoms with Gasteiger partial charge in [-0.1, -0.05) is 35.9 Å². The number of hydrogen-bond donors (Lipinski definition) is 2. The van der Waals surface area contributed by atoms with E-state index in [1.165, 1.54) is 16.5 Å². The van der Waals surface area contributed by atoms with Crippen LogP contribution in [-0.4, -0.2) is 17.2 Å². The Bertz CT molecular complexity index is 775. The molecule has 0 bridgehead atoms. The molecule has 3 rings (SSSR count). The van der Waals surface area contributed by atoms with Gasteiger partial charge in [0.1, 0.15) is 0 Å². The van der Waals surface area contributed by atoms with E-state index in [0.717, 1.165) is 12.1 Å². The first-order valence-electron chi connectivity index (χ1n) is 6.97. The minimum Gasteiger partial charge on any atom is -1.00 e. The summed E-state index contributed by atoms with van der Waals surface area (Å²) < 4.78 is 2.19. The molecule has 1 aromatic heterocycles. The molecular formula is C17H17BBrNO2. The molecule has 0 spiro atoms. The number of rotatable bonds is 3. The molecule has 0 saturated carbocycles. The highest BCUT2D eigenvalue weighted by molar-refractivity contribution is 6.58. The summed E-state index contributed by atoms with van der Waals surface area (Å²) in [5.41, 5.74) is 4.07. The van der Waals surface area contributed by atoms with Crippen molar-refractivity contribution in [1.29, 1.82) is 0 Å². The van der Waals surface area contributed by atoms with Gasteiger partial charge in [-0.15, -0.1) is 0 Å². The quantitative estimate of drug-likeness (QED) is 0.428. The van der Waals surface area contributed by atoms with Crippen LogP contribution in [0.1, 0.15) is 11.1 Å². The Morgan fingerprint density at radius 1 is 1.00 bits per heavy atom. The molecule has 2 aromatic carbocycles. The molecule has 5 heteroatoms. The Balaban J connectivity index is 0.00000176. The Kier molecular flexibility index (Phi) is 5.35. The molecule has 0 radical (unpaired) electrons. The van der Waals surface area contributed by atoms with Crippen molar-refractivity contribution in [3.63, 3.8) is 0 Å². The van der Waals surface area contributed by atoms with Crippen LogP contribution in [0.15, 0.2) is 60.8 Å². The smallest absolute Gasteiger partial charge is 0.488 e. The fourth-order valence-electron chi connectivity index (χ4n) is 2.53. The van der Waals surface area contributed by atoms with Crippen LogP contribution in [0.3, 0.4) is 0 Å².